The quantitative estimate of drug-likeness (QED) is 0.767. The van der Waals surface area contributed by atoms with Crippen LogP contribution in [-0.4, -0.2) is 63.7 Å². The van der Waals surface area contributed by atoms with Crippen LogP contribution in [-0.2, 0) is 9.59 Å². The van der Waals surface area contributed by atoms with Crippen molar-refractivity contribution in [3.05, 3.63) is 24.0 Å². The molecule has 2 saturated heterocycles. The molecule has 1 atom stereocenters. The van der Waals surface area contributed by atoms with Crippen LogP contribution in [0.2, 0.25) is 0 Å². The summed E-state index contributed by atoms with van der Waals surface area (Å²) in [5.41, 5.74) is 1.98. The van der Waals surface area contributed by atoms with Crippen molar-refractivity contribution in [3.8, 4) is 5.88 Å². The van der Waals surface area contributed by atoms with Gasteiger partial charge in [-0.05, 0) is 37.7 Å². The lowest BCUT2D eigenvalue weighted by molar-refractivity contribution is -0.138. The third kappa shape index (κ3) is 4.05. The first-order valence-corrected chi connectivity index (χ1v) is 10.4. The van der Waals surface area contributed by atoms with E-state index in [1.165, 1.54) is 12.8 Å². The van der Waals surface area contributed by atoms with Gasteiger partial charge in [-0.3, -0.25) is 14.9 Å². The van der Waals surface area contributed by atoms with Gasteiger partial charge < -0.3 is 15.0 Å². The summed E-state index contributed by atoms with van der Waals surface area (Å²) >= 11 is 0. The van der Waals surface area contributed by atoms with Gasteiger partial charge in [-0.2, -0.15) is 0 Å². The number of imidazole rings is 1. The molecule has 0 aromatic carbocycles. The molecule has 2 N–H and O–H groups in total. The molecule has 0 bridgehead atoms. The number of carbonyl (C=O) groups excluding carboxylic acids is 2. The van der Waals surface area contributed by atoms with Crippen LogP contribution < -0.4 is 15.4 Å². The van der Waals surface area contributed by atoms with Gasteiger partial charge >= 0.3 is 0 Å². The second-order valence-electron chi connectivity index (χ2n) is 8.23. The Balaban J connectivity index is 1.11. The second-order valence-corrected chi connectivity index (χ2v) is 8.23. The summed E-state index contributed by atoms with van der Waals surface area (Å²) in [6.45, 7) is 2.35. The number of nitrogens with zero attached hydrogens (tertiary/aromatic N) is 4. The molecular weight excluding hydrogens is 372 g/mol. The minimum Gasteiger partial charge on any atom is -0.476 e. The molecule has 2 aromatic heterocycles. The van der Waals surface area contributed by atoms with E-state index in [0.29, 0.717) is 44.1 Å². The van der Waals surface area contributed by atoms with E-state index in [-0.39, 0.29) is 18.2 Å². The fraction of sp³-hybridized carbons (Fsp3) is 0.600. The molecule has 0 radical (unpaired) electrons. The highest BCUT2D eigenvalue weighted by atomic mass is 16.5. The van der Waals surface area contributed by atoms with Crippen molar-refractivity contribution in [1.82, 2.24) is 30.1 Å². The summed E-state index contributed by atoms with van der Waals surface area (Å²) in [5.74, 6) is 1.55. The third-order valence-electron chi connectivity index (χ3n) is 6.02. The van der Waals surface area contributed by atoms with Crippen LogP contribution >= 0.6 is 0 Å². The van der Waals surface area contributed by atoms with Crippen LogP contribution in [0.4, 0.5) is 0 Å². The topological polar surface area (TPSA) is 101 Å². The smallest absolute Gasteiger partial charge is 0.240 e. The maximum atomic E-state index is 12.6. The van der Waals surface area contributed by atoms with Gasteiger partial charge in [-0.1, -0.05) is 0 Å². The zero-order valence-corrected chi connectivity index (χ0v) is 16.3. The van der Waals surface area contributed by atoms with Gasteiger partial charge in [0.1, 0.15) is 0 Å². The van der Waals surface area contributed by atoms with Crippen molar-refractivity contribution in [2.45, 2.75) is 44.1 Å². The molecule has 154 valence electrons. The highest BCUT2D eigenvalue weighted by molar-refractivity contribution is 5.89. The molecule has 0 spiro atoms. The number of piperidine rings is 1. The highest BCUT2D eigenvalue weighted by Crippen LogP contribution is 2.39. The van der Waals surface area contributed by atoms with Crippen LogP contribution in [0, 0.1) is 5.92 Å². The maximum absolute atomic E-state index is 12.6. The molecule has 29 heavy (non-hydrogen) atoms. The number of likely N-dealkylation sites (tertiary alicyclic amines) is 1. The first kappa shape index (κ1) is 18.4. The minimum absolute atomic E-state index is 0.0258. The predicted octanol–water partition coefficient (Wildman–Crippen LogP) is 0.660. The van der Waals surface area contributed by atoms with Crippen molar-refractivity contribution < 1.29 is 14.3 Å². The summed E-state index contributed by atoms with van der Waals surface area (Å²) in [4.78, 5) is 30.6. The summed E-state index contributed by atoms with van der Waals surface area (Å²) in [6, 6.07) is 3.42. The Bertz CT molecular complexity index is 916. The SMILES string of the molecule is O=C1CC(C(=O)N2CCC(COc3ccc4nc(C5CC5)cn4n3)CC2)NCN1. The van der Waals surface area contributed by atoms with Crippen LogP contribution in [0.25, 0.3) is 5.65 Å². The summed E-state index contributed by atoms with van der Waals surface area (Å²) < 4.78 is 7.74. The zero-order valence-electron chi connectivity index (χ0n) is 16.3. The Morgan fingerprint density at radius 1 is 1.21 bits per heavy atom. The number of ether oxygens (including phenoxy) is 1. The van der Waals surface area contributed by atoms with Crippen LogP contribution in [0.5, 0.6) is 5.88 Å². The van der Waals surface area contributed by atoms with Crippen molar-refractivity contribution >= 4 is 17.5 Å². The van der Waals surface area contributed by atoms with Crippen molar-refractivity contribution in [3.63, 3.8) is 0 Å². The first-order valence-electron chi connectivity index (χ1n) is 10.4. The van der Waals surface area contributed by atoms with Crippen molar-refractivity contribution in [1.29, 1.82) is 0 Å². The molecule has 1 unspecified atom stereocenters. The number of amides is 2. The van der Waals surface area contributed by atoms with Gasteiger partial charge in [0.25, 0.3) is 0 Å². The van der Waals surface area contributed by atoms with Crippen LogP contribution in [0.15, 0.2) is 18.3 Å². The minimum atomic E-state index is -0.400. The van der Waals surface area contributed by atoms with E-state index in [2.05, 4.69) is 20.7 Å². The lowest BCUT2D eigenvalue weighted by Crippen LogP contribution is -2.56. The van der Waals surface area contributed by atoms with E-state index in [1.807, 2.05) is 23.2 Å². The monoisotopic (exact) mass is 398 g/mol. The summed E-state index contributed by atoms with van der Waals surface area (Å²) in [6.07, 6.45) is 6.45. The Morgan fingerprint density at radius 2 is 2.03 bits per heavy atom. The molecule has 2 aromatic rings. The molecule has 2 aliphatic heterocycles. The average Bonchev–Trinajstić information content (AvgIpc) is 3.51. The normalized spacial score (nSPS) is 23.2. The number of hydrogen-bond acceptors (Lipinski definition) is 6. The fourth-order valence-corrected chi connectivity index (χ4v) is 4.06. The molecule has 9 nitrogen and oxygen atoms in total. The Kier molecular flexibility index (Phi) is 4.83. The Hall–Kier alpha value is -2.68. The number of fused-ring (bicyclic) bond motifs is 1. The van der Waals surface area contributed by atoms with Crippen molar-refractivity contribution in [2.75, 3.05) is 26.4 Å². The molecule has 4 heterocycles. The van der Waals surface area contributed by atoms with E-state index in [4.69, 9.17) is 4.74 Å². The van der Waals surface area contributed by atoms with Gasteiger partial charge in [0, 0.05) is 25.1 Å². The highest BCUT2D eigenvalue weighted by Gasteiger charge is 2.31. The van der Waals surface area contributed by atoms with E-state index < -0.39 is 6.04 Å². The van der Waals surface area contributed by atoms with E-state index in [9.17, 15) is 9.59 Å². The van der Waals surface area contributed by atoms with Crippen LogP contribution in [0.3, 0.4) is 0 Å². The van der Waals surface area contributed by atoms with E-state index >= 15 is 0 Å². The summed E-state index contributed by atoms with van der Waals surface area (Å²) in [5, 5.41) is 10.3. The van der Waals surface area contributed by atoms with Gasteiger partial charge in [-0.25, -0.2) is 9.50 Å². The van der Waals surface area contributed by atoms with Gasteiger partial charge in [0.2, 0.25) is 17.7 Å². The number of rotatable bonds is 5. The van der Waals surface area contributed by atoms with E-state index in [1.54, 1.807) is 4.52 Å². The molecule has 3 aliphatic rings. The molecule has 3 fully saturated rings. The number of nitrogens with one attached hydrogen (secondary N) is 2. The van der Waals surface area contributed by atoms with Gasteiger partial charge in [0.05, 0.1) is 37.6 Å². The summed E-state index contributed by atoms with van der Waals surface area (Å²) in [7, 11) is 0. The number of carbonyl (C=O) groups is 2. The Morgan fingerprint density at radius 3 is 2.79 bits per heavy atom. The third-order valence-corrected chi connectivity index (χ3v) is 6.02. The fourth-order valence-electron chi connectivity index (χ4n) is 4.06. The Labute approximate surface area is 168 Å². The van der Waals surface area contributed by atoms with Gasteiger partial charge in [0.15, 0.2) is 5.65 Å². The molecule has 1 aliphatic carbocycles. The molecule has 5 rings (SSSR count). The molecule has 1 saturated carbocycles. The standard InChI is InChI=1S/C20H26N6O3/c27-18-9-15(21-12-22-18)20(28)25-7-5-13(6-8-25)11-29-19-4-3-17-23-16(14-1-2-14)10-26(17)24-19/h3-4,10,13-15,21H,1-2,5-9,11-12H2,(H,22,27). The lowest BCUT2D eigenvalue weighted by Gasteiger charge is -2.35. The maximum Gasteiger partial charge on any atom is 0.240 e. The number of aromatic nitrogens is 3. The average molecular weight is 398 g/mol. The lowest BCUT2D eigenvalue weighted by atomic mass is 9.97. The van der Waals surface area contributed by atoms with E-state index in [0.717, 1.165) is 24.2 Å². The second kappa shape index (κ2) is 7.62. The predicted molar refractivity (Wildman–Crippen MR) is 104 cm³/mol. The molecule has 2 amide bonds. The molecule has 9 heteroatoms. The largest absolute Gasteiger partial charge is 0.476 e. The van der Waals surface area contributed by atoms with Gasteiger partial charge in [-0.15, -0.1) is 5.10 Å². The number of hydrogen-bond donors (Lipinski definition) is 2. The zero-order chi connectivity index (χ0) is 19.8. The molecular formula is C20H26N6O3. The van der Waals surface area contributed by atoms with Crippen molar-refractivity contribution in [2.24, 2.45) is 5.92 Å². The first-order chi connectivity index (χ1) is 14.2. The van der Waals surface area contributed by atoms with Crippen LogP contribution in [0.1, 0.15) is 43.7 Å².